The summed E-state index contributed by atoms with van der Waals surface area (Å²) in [6, 6.07) is 8.00. The summed E-state index contributed by atoms with van der Waals surface area (Å²) in [6.07, 6.45) is 8.17. The van der Waals surface area contributed by atoms with E-state index in [2.05, 4.69) is 51.7 Å². The Kier molecular flexibility index (Phi) is 4.67. The highest BCUT2D eigenvalue weighted by molar-refractivity contribution is 9.10. The van der Waals surface area contributed by atoms with Crippen LogP contribution < -0.4 is 10.6 Å². The van der Waals surface area contributed by atoms with Crippen LogP contribution in [0.25, 0.3) is 0 Å². The van der Waals surface area contributed by atoms with Gasteiger partial charge in [0.25, 0.3) is 0 Å². The Hall–Kier alpha value is -0.540. The lowest BCUT2D eigenvalue weighted by Crippen LogP contribution is -2.44. The standard InChI is InChI=1S/C17H25BrN2/c1-12-8-9-13(11-15(12)18)20-17-7-4-5-14(17)16-6-2-3-10-19-16/h8-9,11,14,16-17,19-20H,2-7,10H2,1H3. The Morgan fingerprint density at radius 3 is 2.80 bits per heavy atom. The second-order valence-corrected chi connectivity index (χ2v) is 7.22. The summed E-state index contributed by atoms with van der Waals surface area (Å²) >= 11 is 3.63. The first-order valence-electron chi connectivity index (χ1n) is 8.00. The molecule has 0 bridgehead atoms. The van der Waals surface area contributed by atoms with Gasteiger partial charge in [-0.3, -0.25) is 0 Å². The molecule has 1 aromatic rings. The summed E-state index contributed by atoms with van der Waals surface area (Å²) in [7, 11) is 0. The minimum Gasteiger partial charge on any atom is -0.382 e. The van der Waals surface area contributed by atoms with Gasteiger partial charge < -0.3 is 10.6 Å². The summed E-state index contributed by atoms with van der Waals surface area (Å²) in [4.78, 5) is 0. The fourth-order valence-electron chi connectivity index (χ4n) is 3.79. The van der Waals surface area contributed by atoms with Crippen molar-refractivity contribution in [3.63, 3.8) is 0 Å². The Morgan fingerprint density at radius 2 is 2.05 bits per heavy atom. The minimum absolute atomic E-state index is 0.639. The average molecular weight is 337 g/mol. The predicted octanol–water partition coefficient (Wildman–Crippen LogP) is 4.48. The largest absolute Gasteiger partial charge is 0.382 e. The minimum atomic E-state index is 0.639. The van der Waals surface area contributed by atoms with E-state index < -0.39 is 0 Å². The van der Waals surface area contributed by atoms with Gasteiger partial charge in [-0.2, -0.15) is 0 Å². The summed E-state index contributed by atoms with van der Waals surface area (Å²) in [5.41, 5.74) is 2.56. The van der Waals surface area contributed by atoms with E-state index in [1.165, 1.54) is 60.8 Å². The summed E-state index contributed by atoms with van der Waals surface area (Å²) in [5.74, 6) is 0.801. The maximum atomic E-state index is 3.79. The quantitative estimate of drug-likeness (QED) is 0.850. The number of nitrogens with one attached hydrogen (secondary N) is 2. The number of hydrogen-bond acceptors (Lipinski definition) is 2. The van der Waals surface area contributed by atoms with Crippen LogP contribution >= 0.6 is 15.9 Å². The number of rotatable bonds is 3. The van der Waals surface area contributed by atoms with Gasteiger partial charge in [0.15, 0.2) is 0 Å². The molecule has 3 heteroatoms. The fraction of sp³-hybridized carbons (Fsp3) is 0.647. The van der Waals surface area contributed by atoms with E-state index in [1.807, 2.05) is 0 Å². The third kappa shape index (κ3) is 3.20. The van der Waals surface area contributed by atoms with Crippen LogP contribution in [0.5, 0.6) is 0 Å². The van der Waals surface area contributed by atoms with Crippen molar-refractivity contribution in [2.75, 3.05) is 11.9 Å². The number of hydrogen-bond donors (Lipinski definition) is 2. The van der Waals surface area contributed by atoms with Crippen molar-refractivity contribution in [1.82, 2.24) is 5.32 Å². The second-order valence-electron chi connectivity index (χ2n) is 6.37. The molecule has 3 rings (SSSR count). The Labute approximate surface area is 130 Å². The van der Waals surface area contributed by atoms with Gasteiger partial charge in [0.05, 0.1) is 0 Å². The topological polar surface area (TPSA) is 24.1 Å². The first-order valence-corrected chi connectivity index (χ1v) is 8.79. The van der Waals surface area contributed by atoms with E-state index in [4.69, 9.17) is 0 Å². The Bertz CT molecular complexity index is 454. The molecular formula is C17H25BrN2. The van der Waals surface area contributed by atoms with Crippen molar-refractivity contribution in [2.45, 2.75) is 57.5 Å². The number of aryl methyl sites for hydroxylation is 1. The lowest BCUT2D eigenvalue weighted by molar-refractivity contribution is 0.286. The SMILES string of the molecule is Cc1ccc(NC2CCCC2C2CCCCN2)cc1Br. The Balaban J connectivity index is 1.67. The lowest BCUT2D eigenvalue weighted by atomic mass is 9.88. The van der Waals surface area contributed by atoms with Gasteiger partial charge >= 0.3 is 0 Å². The highest BCUT2D eigenvalue weighted by Gasteiger charge is 2.34. The molecule has 3 atom stereocenters. The molecule has 1 aromatic carbocycles. The predicted molar refractivity (Wildman–Crippen MR) is 89.3 cm³/mol. The summed E-state index contributed by atoms with van der Waals surface area (Å²) in [5, 5.41) is 7.53. The second kappa shape index (κ2) is 6.48. The van der Waals surface area contributed by atoms with E-state index >= 15 is 0 Å². The molecule has 2 N–H and O–H groups in total. The van der Waals surface area contributed by atoms with E-state index in [1.54, 1.807) is 0 Å². The van der Waals surface area contributed by atoms with Crippen molar-refractivity contribution < 1.29 is 0 Å². The molecule has 20 heavy (non-hydrogen) atoms. The highest BCUT2D eigenvalue weighted by Crippen LogP contribution is 2.34. The molecule has 2 aliphatic rings. The molecule has 2 nitrogen and oxygen atoms in total. The number of piperidine rings is 1. The first kappa shape index (κ1) is 14.4. The molecule has 0 radical (unpaired) electrons. The smallest absolute Gasteiger partial charge is 0.0353 e. The van der Waals surface area contributed by atoms with Gasteiger partial charge in [-0.15, -0.1) is 0 Å². The van der Waals surface area contributed by atoms with Gasteiger partial charge in [0, 0.05) is 22.2 Å². The number of benzene rings is 1. The van der Waals surface area contributed by atoms with Crippen LogP contribution in [-0.2, 0) is 0 Å². The molecule has 1 heterocycles. The molecule has 1 saturated carbocycles. The lowest BCUT2D eigenvalue weighted by Gasteiger charge is -2.33. The van der Waals surface area contributed by atoms with Crippen LogP contribution in [0.2, 0.25) is 0 Å². The molecule has 1 aliphatic heterocycles. The molecule has 3 unspecified atom stereocenters. The van der Waals surface area contributed by atoms with Gasteiger partial charge in [0.2, 0.25) is 0 Å². The van der Waals surface area contributed by atoms with Crippen LogP contribution in [0.15, 0.2) is 22.7 Å². The van der Waals surface area contributed by atoms with Crippen LogP contribution in [-0.4, -0.2) is 18.6 Å². The number of halogens is 1. The van der Waals surface area contributed by atoms with Crippen molar-refractivity contribution in [1.29, 1.82) is 0 Å². The Morgan fingerprint density at radius 1 is 1.15 bits per heavy atom. The molecular weight excluding hydrogens is 312 g/mol. The van der Waals surface area contributed by atoms with E-state index in [0.717, 1.165) is 12.0 Å². The van der Waals surface area contributed by atoms with E-state index in [-0.39, 0.29) is 0 Å². The molecule has 0 spiro atoms. The summed E-state index contributed by atoms with van der Waals surface area (Å²) < 4.78 is 1.20. The molecule has 0 aromatic heterocycles. The maximum Gasteiger partial charge on any atom is 0.0353 e. The van der Waals surface area contributed by atoms with Crippen molar-refractivity contribution in [3.05, 3.63) is 28.2 Å². The zero-order valence-corrected chi connectivity index (χ0v) is 13.9. The normalized spacial score (nSPS) is 30.4. The first-order chi connectivity index (χ1) is 9.74. The zero-order chi connectivity index (χ0) is 13.9. The third-order valence-electron chi connectivity index (χ3n) is 4.96. The fourth-order valence-corrected chi connectivity index (χ4v) is 4.17. The molecule has 1 saturated heterocycles. The zero-order valence-electron chi connectivity index (χ0n) is 12.3. The molecule has 110 valence electrons. The monoisotopic (exact) mass is 336 g/mol. The van der Waals surface area contributed by atoms with Crippen LogP contribution in [0, 0.1) is 12.8 Å². The van der Waals surface area contributed by atoms with Crippen LogP contribution in [0.1, 0.15) is 44.1 Å². The molecule has 2 fully saturated rings. The van der Waals surface area contributed by atoms with Gasteiger partial charge in [0.1, 0.15) is 0 Å². The summed E-state index contributed by atoms with van der Waals surface area (Å²) in [6.45, 7) is 3.35. The van der Waals surface area contributed by atoms with E-state index in [9.17, 15) is 0 Å². The van der Waals surface area contributed by atoms with Gasteiger partial charge in [-0.25, -0.2) is 0 Å². The van der Waals surface area contributed by atoms with Gasteiger partial charge in [-0.05, 0) is 62.8 Å². The van der Waals surface area contributed by atoms with Crippen molar-refractivity contribution >= 4 is 21.6 Å². The van der Waals surface area contributed by atoms with Crippen molar-refractivity contribution in [2.24, 2.45) is 5.92 Å². The molecule has 0 amide bonds. The number of anilines is 1. The third-order valence-corrected chi connectivity index (χ3v) is 5.81. The van der Waals surface area contributed by atoms with Crippen LogP contribution in [0.3, 0.4) is 0 Å². The van der Waals surface area contributed by atoms with Gasteiger partial charge in [-0.1, -0.05) is 34.8 Å². The average Bonchev–Trinajstić information content (AvgIpc) is 2.92. The van der Waals surface area contributed by atoms with Crippen molar-refractivity contribution in [3.8, 4) is 0 Å². The highest BCUT2D eigenvalue weighted by atomic mass is 79.9. The maximum absolute atomic E-state index is 3.79. The molecule has 1 aliphatic carbocycles. The van der Waals surface area contributed by atoms with Crippen LogP contribution in [0.4, 0.5) is 5.69 Å². The van der Waals surface area contributed by atoms with E-state index in [0.29, 0.717) is 6.04 Å².